The smallest absolute Gasteiger partial charge is 0.412 e. The van der Waals surface area contributed by atoms with E-state index in [2.05, 4.69) is 15.4 Å². The van der Waals surface area contributed by atoms with Crippen LogP contribution in [-0.4, -0.2) is 62.2 Å². The quantitative estimate of drug-likeness (QED) is 0.376. The van der Waals surface area contributed by atoms with Crippen LogP contribution in [0.15, 0.2) is 0 Å². The van der Waals surface area contributed by atoms with E-state index in [9.17, 15) is 32.3 Å². The van der Waals surface area contributed by atoms with Crippen LogP contribution >= 0.6 is 0 Å². The SMILES string of the molecule is COC(=O)CNC(=O)[C@H](CC1CCCCC1)NC(=O)CNC(=O)C(N)C(F)(F)F. The molecule has 29 heavy (non-hydrogen) atoms. The summed E-state index contributed by atoms with van der Waals surface area (Å²) >= 11 is 0. The average molecular weight is 424 g/mol. The van der Waals surface area contributed by atoms with Gasteiger partial charge in [-0.3, -0.25) is 19.2 Å². The van der Waals surface area contributed by atoms with Crippen molar-refractivity contribution in [2.24, 2.45) is 11.7 Å². The molecule has 1 unspecified atom stereocenters. The molecular formula is C17H27F3N4O5. The second-order valence-electron chi connectivity index (χ2n) is 6.89. The van der Waals surface area contributed by atoms with Crippen molar-refractivity contribution in [1.82, 2.24) is 16.0 Å². The third-order valence-corrected chi connectivity index (χ3v) is 4.64. The number of esters is 1. The number of methoxy groups -OCH3 is 1. The van der Waals surface area contributed by atoms with E-state index in [0.29, 0.717) is 6.42 Å². The standard InChI is InChI=1S/C17H27F3N4O5/c1-29-13(26)9-23-15(27)11(7-10-5-3-2-4-6-10)24-12(25)8-22-16(28)14(21)17(18,19)20/h10-11,14H,2-9,21H2,1H3,(H,22,28)(H,23,27)(H,24,25)/t11-,14?/m0/s1. The summed E-state index contributed by atoms with van der Waals surface area (Å²) in [5.74, 6) is -3.50. The molecule has 12 heteroatoms. The van der Waals surface area contributed by atoms with Crippen LogP contribution < -0.4 is 21.7 Å². The third kappa shape index (κ3) is 9.11. The first kappa shape index (κ1) is 24.7. The second kappa shape index (κ2) is 11.6. The predicted octanol–water partition coefficient (Wildman–Crippen LogP) is -0.263. The van der Waals surface area contributed by atoms with Crippen LogP contribution in [0.2, 0.25) is 0 Å². The van der Waals surface area contributed by atoms with Gasteiger partial charge in [0.15, 0.2) is 6.04 Å². The van der Waals surface area contributed by atoms with Gasteiger partial charge in [0, 0.05) is 0 Å². The van der Waals surface area contributed by atoms with Gasteiger partial charge in [0.05, 0.1) is 13.7 Å². The van der Waals surface area contributed by atoms with Crippen LogP contribution in [0.1, 0.15) is 38.5 Å². The summed E-state index contributed by atoms with van der Waals surface area (Å²) in [7, 11) is 1.16. The van der Waals surface area contributed by atoms with Crippen LogP contribution in [0.4, 0.5) is 13.2 Å². The van der Waals surface area contributed by atoms with Crippen molar-refractivity contribution in [3.05, 3.63) is 0 Å². The maximum Gasteiger partial charge on any atom is 0.412 e. The molecule has 0 spiro atoms. The topological polar surface area (TPSA) is 140 Å². The summed E-state index contributed by atoms with van der Waals surface area (Å²) in [4.78, 5) is 47.0. The van der Waals surface area contributed by atoms with Crippen molar-refractivity contribution in [3.8, 4) is 0 Å². The Balaban J connectivity index is 2.63. The van der Waals surface area contributed by atoms with Crippen molar-refractivity contribution in [2.75, 3.05) is 20.2 Å². The van der Waals surface area contributed by atoms with Gasteiger partial charge in [0.25, 0.3) is 0 Å². The fraction of sp³-hybridized carbons (Fsp3) is 0.765. The van der Waals surface area contributed by atoms with E-state index in [0.717, 1.165) is 39.2 Å². The van der Waals surface area contributed by atoms with Crippen molar-refractivity contribution >= 4 is 23.7 Å². The maximum atomic E-state index is 12.4. The lowest BCUT2D eigenvalue weighted by Gasteiger charge is -2.26. The van der Waals surface area contributed by atoms with Crippen LogP contribution in [0.5, 0.6) is 0 Å². The van der Waals surface area contributed by atoms with Crippen molar-refractivity contribution in [2.45, 2.75) is 56.8 Å². The molecule has 5 N–H and O–H groups in total. The molecule has 1 aliphatic rings. The zero-order chi connectivity index (χ0) is 22.0. The molecule has 2 atom stereocenters. The van der Waals surface area contributed by atoms with Gasteiger partial charge < -0.3 is 26.4 Å². The number of nitrogens with one attached hydrogen (secondary N) is 3. The molecule has 0 aliphatic heterocycles. The molecule has 3 amide bonds. The molecule has 1 saturated carbocycles. The molecule has 1 aliphatic carbocycles. The summed E-state index contributed by atoms with van der Waals surface area (Å²) in [6, 6.07) is -3.75. The van der Waals surface area contributed by atoms with E-state index in [1.807, 2.05) is 0 Å². The van der Waals surface area contributed by atoms with Gasteiger partial charge in [-0.1, -0.05) is 32.1 Å². The Morgan fingerprint density at radius 2 is 1.62 bits per heavy atom. The number of carbonyl (C=O) groups excluding carboxylic acids is 4. The fourth-order valence-electron chi connectivity index (χ4n) is 3.01. The average Bonchev–Trinajstić information content (AvgIpc) is 2.68. The molecule has 0 aromatic carbocycles. The molecule has 9 nitrogen and oxygen atoms in total. The van der Waals surface area contributed by atoms with Gasteiger partial charge >= 0.3 is 12.1 Å². The van der Waals surface area contributed by atoms with Gasteiger partial charge in [-0.05, 0) is 12.3 Å². The fourth-order valence-corrected chi connectivity index (χ4v) is 3.01. The Labute approximate surface area is 166 Å². The first-order valence-electron chi connectivity index (χ1n) is 9.28. The normalized spacial score (nSPS) is 17.0. The lowest BCUT2D eigenvalue weighted by atomic mass is 9.84. The van der Waals surface area contributed by atoms with E-state index in [1.165, 1.54) is 0 Å². The largest absolute Gasteiger partial charge is 0.468 e. The Hall–Kier alpha value is -2.37. The van der Waals surface area contributed by atoms with Crippen LogP contribution in [0.25, 0.3) is 0 Å². The highest BCUT2D eigenvalue weighted by atomic mass is 19.4. The number of amides is 3. The van der Waals surface area contributed by atoms with Gasteiger partial charge in [0.1, 0.15) is 12.6 Å². The van der Waals surface area contributed by atoms with E-state index in [1.54, 1.807) is 5.32 Å². The molecule has 0 heterocycles. The van der Waals surface area contributed by atoms with E-state index in [-0.39, 0.29) is 12.5 Å². The molecule has 1 rings (SSSR count). The van der Waals surface area contributed by atoms with Crippen LogP contribution in [-0.2, 0) is 23.9 Å². The molecule has 0 saturated heterocycles. The number of alkyl halides is 3. The van der Waals surface area contributed by atoms with Gasteiger partial charge in [0.2, 0.25) is 17.7 Å². The lowest BCUT2D eigenvalue weighted by Crippen LogP contribution is -2.54. The maximum absolute atomic E-state index is 12.4. The minimum absolute atomic E-state index is 0.186. The summed E-state index contributed by atoms with van der Waals surface area (Å²) < 4.78 is 41.6. The highest BCUT2D eigenvalue weighted by Gasteiger charge is 2.42. The van der Waals surface area contributed by atoms with Crippen molar-refractivity contribution in [1.29, 1.82) is 0 Å². The molecule has 0 radical (unpaired) electrons. The molecular weight excluding hydrogens is 397 g/mol. The Morgan fingerprint density at radius 1 is 1.03 bits per heavy atom. The van der Waals surface area contributed by atoms with E-state index in [4.69, 9.17) is 5.73 Å². The van der Waals surface area contributed by atoms with E-state index >= 15 is 0 Å². The minimum Gasteiger partial charge on any atom is -0.468 e. The molecule has 166 valence electrons. The molecule has 1 fully saturated rings. The first-order valence-corrected chi connectivity index (χ1v) is 9.28. The number of hydrogen-bond donors (Lipinski definition) is 4. The number of hydrogen-bond acceptors (Lipinski definition) is 6. The number of carbonyl (C=O) groups is 4. The van der Waals surface area contributed by atoms with Crippen LogP contribution in [0.3, 0.4) is 0 Å². The molecule has 0 aromatic rings. The van der Waals surface area contributed by atoms with Gasteiger partial charge in [-0.2, -0.15) is 13.2 Å². The third-order valence-electron chi connectivity index (χ3n) is 4.64. The van der Waals surface area contributed by atoms with E-state index < -0.39 is 48.5 Å². The zero-order valence-electron chi connectivity index (χ0n) is 16.1. The van der Waals surface area contributed by atoms with Crippen LogP contribution in [0, 0.1) is 5.92 Å². The molecule has 0 aromatic heterocycles. The second-order valence-corrected chi connectivity index (χ2v) is 6.89. The van der Waals surface area contributed by atoms with Crippen molar-refractivity contribution in [3.63, 3.8) is 0 Å². The number of rotatable bonds is 9. The monoisotopic (exact) mass is 424 g/mol. The minimum atomic E-state index is -4.93. The summed E-state index contributed by atoms with van der Waals surface area (Å²) in [6.07, 6.45) is 0.239. The number of ether oxygens (including phenoxy) is 1. The Bertz CT molecular complexity index is 594. The zero-order valence-corrected chi connectivity index (χ0v) is 16.1. The van der Waals surface area contributed by atoms with Gasteiger partial charge in [-0.15, -0.1) is 0 Å². The summed E-state index contributed by atoms with van der Waals surface area (Å²) in [6.45, 7) is -1.16. The highest BCUT2D eigenvalue weighted by molar-refractivity contribution is 5.92. The van der Waals surface area contributed by atoms with Gasteiger partial charge in [-0.25, -0.2) is 0 Å². The summed E-state index contributed by atoms with van der Waals surface area (Å²) in [5.41, 5.74) is 4.76. The predicted molar refractivity (Wildman–Crippen MR) is 95.2 cm³/mol. The first-order chi connectivity index (χ1) is 13.5. The Kier molecular flexibility index (Phi) is 9.86. The molecule has 0 bridgehead atoms. The highest BCUT2D eigenvalue weighted by Crippen LogP contribution is 2.27. The van der Waals surface area contributed by atoms with Crippen molar-refractivity contribution < 1.29 is 37.1 Å². The lowest BCUT2D eigenvalue weighted by molar-refractivity contribution is -0.163. The number of halogens is 3. The summed E-state index contributed by atoms with van der Waals surface area (Å²) in [5, 5.41) is 6.54. The number of nitrogens with two attached hydrogens (primary N) is 1. The Morgan fingerprint density at radius 3 is 2.17 bits per heavy atom.